The molecule has 0 N–H and O–H groups in total. The maximum atomic E-state index is 6.36. The molecule has 4 rings (SSSR count). The van der Waals surface area contributed by atoms with E-state index in [1.807, 2.05) is 80.6 Å². The second-order valence-electron chi connectivity index (χ2n) is 6.35. The van der Waals surface area contributed by atoms with E-state index in [9.17, 15) is 0 Å². The van der Waals surface area contributed by atoms with Crippen molar-refractivity contribution < 1.29 is 0 Å². The van der Waals surface area contributed by atoms with E-state index >= 15 is 0 Å². The van der Waals surface area contributed by atoms with Gasteiger partial charge in [0.05, 0.1) is 5.69 Å². The topological polar surface area (TPSA) is 30.7 Å². The molecule has 0 atom stereocenters. The Kier molecular flexibility index (Phi) is 4.73. The predicted molar refractivity (Wildman–Crippen MR) is 112 cm³/mol. The third kappa shape index (κ3) is 3.25. The molecule has 27 heavy (non-hydrogen) atoms. The van der Waals surface area contributed by atoms with E-state index < -0.39 is 0 Å². The lowest BCUT2D eigenvalue weighted by atomic mass is 10.0. The number of halogens is 2. The molecule has 0 bridgehead atoms. The quantitative estimate of drug-likeness (QED) is 0.396. The van der Waals surface area contributed by atoms with Gasteiger partial charge in [-0.1, -0.05) is 71.7 Å². The zero-order valence-electron chi connectivity index (χ0n) is 14.9. The molecule has 0 aliphatic carbocycles. The van der Waals surface area contributed by atoms with Crippen LogP contribution in [0.15, 0.2) is 66.7 Å². The van der Waals surface area contributed by atoms with Crippen LogP contribution in [0.25, 0.3) is 28.2 Å². The van der Waals surface area contributed by atoms with E-state index in [4.69, 9.17) is 33.4 Å². The molecule has 0 saturated heterocycles. The van der Waals surface area contributed by atoms with Gasteiger partial charge >= 0.3 is 0 Å². The van der Waals surface area contributed by atoms with Gasteiger partial charge in [-0.15, -0.1) is 10.2 Å². The summed E-state index contributed by atoms with van der Waals surface area (Å²) in [6.45, 7) is 3.96. The van der Waals surface area contributed by atoms with Gasteiger partial charge in [0.25, 0.3) is 0 Å². The van der Waals surface area contributed by atoms with Crippen molar-refractivity contribution in [2.24, 2.45) is 0 Å². The van der Waals surface area contributed by atoms with E-state index in [1.165, 1.54) is 0 Å². The van der Waals surface area contributed by atoms with Gasteiger partial charge in [-0.25, -0.2) is 0 Å². The first-order chi connectivity index (χ1) is 13.1. The molecule has 134 valence electrons. The SMILES string of the molecule is Cc1c(Cl)cccc1-c1nn(-c2cccc(Cl)c2C)nc1-c1ccccc1. The summed E-state index contributed by atoms with van der Waals surface area (Å²) in [7, 11) is 0. The first-order valence-electron chi connectivity index (χ1n) is 8.60. The first kappa shape index (κ1) is 17.8. The molecular weight excluding hydrogens is 377 g/mol. The Morgan fingerprint density at radius 1 is 0.667 bits per heavy atom. The van der Waals surface area contributed by atoms with Gasteiger partial charge in [-0.05, 0) is 43.2 Å². The van der Waals surface area contributed by atoms with Crippen molar-refractivity contribution >= 4 is 23.2 Å². The van der Waals surface area contributed by atoms with Crippen molar-refractivity contribution in [3.05, 3.63) is 87.9 Å². The Labute approximate surface area is 168 Å². The monoisotopic (exact) mass is 393 g/mol. The van der Waals surface area contributed by atoms with Crippen LogP contribution in [0, 0.1) is 13.8 Å². The zero-order chi connectivity index (χ0) is 19.0. The van der Waals surface area contributed by atoms with Crippen LogP contribution in [0.1, 0.15) is 11.1 Å². The fraction of sp³-hybridized carbons (Fsp3) is 0.0909. The van der Waals surface area contributed by atoms with Gasteiger partial charge in [0.2, 0.25) is 0 Å². The van der Waals surface area contributed by atoms with Gasteiger partial charge in [-0.3, -0.25) is 0 Å². The highest BCUT2D eigenvalue weighted by atomic mass is 35.5. The fourth-order valence-electron chi connectivity index (χ4n) is 3.06. The third-order valence-electron chi connectivity index (χ3n) is 4.64. The molecule has 1 heterocycles. The van der Waals surface area contributed by atoms with Crippen LogP contribution in [0.3, 0.4) is 0 Å². The molecule has 0 aliphatic heterocycles. The fourth-order valence-corrected chi connectivity index (χ4v) is 3.41. The Balaban J connectivity index is 1.99. The zero-order valence-corrected chi connectivity index (χ0v) is 16.5. The van der Waals surface area contributed by atoms with Crippen molar-refractivity contribution in [3.8, 4) is 28.2 Å². The number of hydrogen-bond acceptors (Lipinski definition) is 2. The maximum Gasteiger partial charge on any atom is 0.121 e. The minimum absolute atomic E-state index is 0.687. The van der Waals surface area contributed by atoms with E-state index in [1.54, 1.807) is 4.80 Å². The standard InChI is InChI=1S/C22H17Cl2N3/c1-14-17(10-6-11-18(14)23)22-21(16-8-4-3-5-9-16)25-27(26-22)20-13-7-12-19(24)15(20)2/h3-13H,1-2H3. The summed E-state index contributed by atoms with van der Waals surface area (Å²) in [5.41, 5.74) is 6.32. The van der Waals surface area contributed by atoms with Gasteiger partial charge in [0.15, 0.2) is 0 Å². The van der Waals surface area contributed by atoms with Gasteiger partial charge in [0.1, 0.15) is 11.4 Å². The van der Waals surface area contributed by atoms with E-state index in [0.29, 0.717) is 10.0 Å². The summed E-state index contributed by atoms with van der Waals surface area (Å²) in [6, 6.07) is 21.6. The van der Waals surface area contributed by atoms with Crippen LogP contribution in [0.5, 0.6) is 0 Å². The number of nitrogens with zero attached hydrogens (tertiary/aromatic N) is 3. The molecular formula is C22H17Cl2N3. The van der Waals surface area contributed by atoms with Crippen LogP contribution >= 0.6 is 23.2 Å². The Morgan fingerprint density at radius 3 is 2.04 bits per heavy atom. The average Bonchev–Trinajstić information content (AvgIpc) is 3.12. The lowest BCUT2D eigenvalue weighted by molar-refractivity contribution is 0.751. The van der Waals surface area contributed by atoms with Gasteiger partial charge in [-0.2, -0.15) is 4.80 Å². The van der Waals surface area contributed by atoms with E-state index in [0.717, 1.165) is 39.3 Å². The molecule has 0 fully saturated rings. The van der Waals surface area contributed by atoms with Crippen molar-refractivity contribution in [2.75, 3.05) is 0 Å². The number of hydrogen-bond donors (Lipinski definition) is 0. The number of aromatic nitrogens is 3. The van der Waals surface area contributed by atoms with Crippen LogP contribution in [-0.4, -0.2) is 15.0 Å². The van der Waals surface area contributed by atoms with Crippen molar-refractivity contribution in [1.82, 2.24) is 15.0 Å². The molecule has 0 radical (unpaired) electrons. The van der Waals surface area contributed by atoms with E-state index in [-0.39, 0.29) is 0 Å². The van der Waals surface area contributed by atoms with Crippen LogP contribution in [0.4, 0.5) is 0 Å². The summed E-state index contributed by atoms with van der Waals surface area (Å²) in [6.07, 6.45) is 0. The molecule has 0 spiro atoms. The molecule has 0 saturated carbocycles. The molecule has 0 unspecified atom stereocenters. The molecule has 0 aliphatic rings. The summed E-state index contributed by atoms with van der Waals surface area (Å²) in [4.78, 5) is 1.65. The predicted octanol–water partition coefficient (Wildman–Crippen LogP) is 6.52. The lowest BCUT2D eigenvalue weighted by Gasteiger charge is -2.06. The number of rotatable bonds is 3. The highest BCUT2D eigenvalue weighted by Gasteiger charge is 2.19. The maximum absolute atomic E-state index is 6.36. The molecule has 1 aromatic heterocycles. The Bertz CT molecular complexity index is 1120. The lowest BCUT2D eigenvalue weighted by Crippen LogP contribution is -2.01. The minimum Gasteiger partial charge on any atom is -0.150 e. The van der Waals surface area contributed by atoms with Crippen LogP contribution in [-0.2, 0) is 0 Å². The highest BCUT2D eigenvalue weighted by Crippen LogP contribution is 2.34. The largest absolute Gasteiger partial charge is 0.150 e. The smallest absolute Gasteiger partial charge is 0.121 e. The normalized spacial score (nSPS) is 11.0. The van der Waals surface area contributed by atoms with Crippen LogP contribution in [0.2, 0.25) is 10.0 Å². The van der Waals surface area contributed by atoms with E-state index in [2.05, 4.69) is 0 Å². The molecule has 3 aromatic carbocycles. The summed E-state index contributed by atoms with van der Waals surface area (Å²) >= 11 is 12.7. The van der Waals surface area contributed by atoms with Crippen LogP contribution < -0.4 is 0 Å². The average molecular weight is 394 g/mol. The summed E-state index contributed by atoms with van der Waals surface area (Å²) in [5.74, 6) is 0. The van der Waals surface area contributed by atoms with Crippen molar-refractivity contribution in [2.45, 2.75) is 13.8 Å². The number of benzene rings is 3. The highest BCUT2D eigenvalue weighted by molar-refractivity contribution is 6.32. The third-order valence-corrected chi connectivity index (χ3v) is 5.46. The second-order valence-corrected chi connectivity index (χ2v) is 7.16. The second kappa shape index (κ2) is 7.18. The Morgan fingerprint density at radius 2 is 1.30 bits per heavy atom. The van der Waals surface area contributed by atoms with Crippen molar-refractivity contribution in [3.63, 3.8) is 0 Å². The molecule has 4 aromatic rings. The van der Waals surface area contributed by atoms with Gasteiger partial charge in [0, 0.05) is 21.2 Å². The Hall–Kier alpha value is -2.62. The molecule has 5 heteroatoms. The summed E-state index contributed by atoms with van der Waals surface area (Å²) < 4.78 is 0. The molecule has 0 amide bonds. The minimum atomic E-state index is 0.687. The summed E-state index contributed by atoms with van der Waals surface area (Å²) in [5, 5.41) is 11.0. The molecule has 3 nitrogen and oxygen atoms in total. The first-order valence-corrected chi connectivity index (χ1v) is 9.35. The van der Waals surface area contributed by atoms with Gasteiger partial charge < -0.3 is 0 Å². The van der Waals surface area contributed by atoms with Crippen molar-refractivity contribution in [1.29, 1.82) is 0 Å².